The number of ether oxygens (including phenoxy) is 1. The highest BCUT2D eigenvalue weighted by Crippen LogP contribution is 2.26. The molecule has 1 amide bonds. The van der Waals surface area contributed by atoms with Crippen LogP contribution in [0.15, 0.2) is 24.3 Å². The van der Waals surface area contributed by atoms with Crippen LogP contribution in [0.4, 0.5) is 0 Å². The van der Waals surface area contributed by atoms with E-state index < -0.39 is 5.92 Å². The maximum Gasteiger partial charge on any atom is 0.243 e. The average molecular weight is 340 g/mol. The molecular formula is C19H24N4O2. The van der Waals surface area contributed by atoms with Crippen LogP contribution >= 0.6 is 0 Å². The normalized spacial score (nSPS) is 12.0. The molecule has 0 saturated carbocycles. The lowest BCUT2D eigenvalue weighted by atomic mass is 10.1. The summed E-state index contributed by atoms with van der Waals surface area (Å²) >= 11 is 0. The van der Waals surface area contributed by atoms with Crippen LogP contribution in [-0.4, -0.2) is 28.5 Å². The van der Waals surface area contributed by atoms with Crippen LogP contribution in [0.2, 0.25) is 0 Å². The molecule has 0 fully saturated rings. The van der Waals surface area contributed by atoms with Crippen molar-refractivity contribution >= 4 is 16.9 Å². The zero-order valence-electron chi connectivity index (χ0n) is 15.0. The molecule has 1 aromatic carbocycles. The van der Waals surface area contributed by atoms with Gasteiger partial charge >= 0.3 is 0 Å². The van der Waals surface area contributed by atoms with Crippen LogP contribution in [0.5, 0.6) is 5.88 Å². The number of fused-ring (bicyclic) bond motifs is 1. The first kappa shape index (κ1) is 18.7. The number of carbonyl (C=O) groups is 1. The highest BCUT2D eigenvalue weighted by Gasteiger charge is 2.27. The number of para-hydroxylation sites is 2. The molecule has 0 aliphatic heterocycles. The Morgan fingerprint density at radius 1 is 1.24 bits per heavy atom. The lowest BCUT2D eigenvalue weighted by molar-refractivity contribution is -0.121. The summed E-state index contributed by atoms with van der Waals surface area (Å²) in [6, 6.07) is 9.37. The largest absolute Gasteiger partial charge is 0.474 e. The summed E-state index contributed by atoms with van der Waals surface area (Å²) in [6.07, 6.45) is 2.86. The van der Waals surface area contributed by atoms with Crippen molar-refractivity contribution in [2.24, 2.45) is 0 Å². The highest BCUT2D eigenvalue weighted by molar-refractivity contribution is 5.87. The Morgan fingerprint density at radius 2 is 1.92 bits per heavy atom. The molecule has 0 spiro atoms. The lowest BCUT2D eigenvalue weighted by Gasteiger charge is -2.16. The second-order valence-corrected chi connectivity index (χ2v) is 6.13. The third-order valence-corrected chi connectivity index (χ3v) is 3.66. The fraction of sp³-hybridized carbons (Fsp3) is 0.474. The topological polar surface area (TPSA) is 87.9 Å². The molecular weight excluding hydrogens is 316 g/mol. The van der Waals surface area contributed by atoms with Gasteiger partial charge in [-0.2, -0.15) is 5.26 Å². The van der Waals surface area contributed by atoms with E-state index in [9.17, 15) is 10.1 Å². The molecule has 1 N–H and O–H groups in total. The van der Waals surface area contributed by atoms with E-state index in [2.05, 4.69) is 22.2 Å². The van der Waals surface area contributed by atoms with Gasteiger partial charge in [0, 0.05) is 6.54 Å². The van der Waals surface area contributed by atoms with E-state index in [1.807, 2.05) is 38.1 Å². The van der Waals surface area contributed by atoms with Gasteiger partial charge in [0.25, 0.3) is 0 Å². The van der Waals surface area contributed by atoms with Crippen LogP contribution in [0, 0.1) is 11.3 Å². The molecule has 0 saturated heterocycles. The third kappa shape index (κ3) is 4.90. The number of nitrogens with zero attached hydrogens (tertiary/aromatic N) is 3. The molecule has 1 heterocycles. The maximum absolute atomic E-state index is 12.5. The van der Waals surface area contributed by atoms with Gasteiger partial charge in [-0.05, 0) is 32.4 Å². The molecule has 132 valence electrons. The zero-order chi connectivity index (χ0) is 18.2. The molecule has 0 unspecified atom stereocenters. The van der Waals surface area contributed by atoms with Gasteiger partial charge in [-0.1, -0.05) is 31.9 Å². The molecule has 0 radical (unpaired) electrons. The van der Waals surface area contributed by atoms with E-state index in [4.69, 9.17) is 4.74 Å². The van der Waals surface area contributed by atoms with E-state index in [-0.39, 0.29) is 23.6 Å². The number of aromatic nitrogens is 2. The number of rotatable bonds is 8. The van der Waals surface area contributed by atoms with Gasteiger partial charge in [0.1, 0.15) is 5.69 Å². The van der Waals surface area contributed by atoms with Crippen molar-refractivity contribution in [2.75, 3.05) is 6.54 Å². The van der Waals surface area contributed by atoms with E-state index in [0.717, 1.165) is 19.3 Å². The van der Waals surface area contributed by atoms with E-state index in [1.165, 1.54) is 0 Å². The number of carbonyl (C=O) groups excluding carboxylic acids is 1. The molecule has 25 heavy (non-hydrogen) atoms. The van der Waals surface area contributed by atoms with Crippen molar-refractivity contribution in [1.82, 2.24) is 15.3 Å². The summed E-state index contributed by atoms with van der Waals surface area (Å²) in [6.45, 7) is 6.38. The fourth-order valence-corrected chi connectivity index (χ4v) is 2.43. The lowest BCUT2D eigenvalue weighted by Crippen LogP contribution is -2.30. The number of hydrogen-bond acceptors (Lipinski definition) is 5. The molecule has 6 heteroatoms. The molecule has 0 aliphatic carbocycles. The van der Waals surface area contributed by atoms with Gasteiger partial charge in [0.15, 0.2) is 5.92 Å². The van der Waals surface area contributed by atoms with Gasteiger partial charge in [-0.25, -0.2) is 9.97 Å². The monoisotopic (exact) mass is 340 g/mol. The van der Waals surface area contributed by atoms with Crippen LogP contribution in [-0.2, 0) is 4.79 Å². The number of hydrogen-bond donors (Lipinski definition) is 1. The van der Waals surface area contributed by atoms with Gasteiger partial charge in [-0.15, -0.1) is 0 Å². The number of benzene rings is 1. The van der Waals surface area contributed by atoms with Gasteiger partial charge in [-0.3, -0.25) is 4.79 Å². The van der Waals surface area contributed by atoms with Crippen LogP contribution < -0.4 is 10.1 Å². The van der Waals surface area contributed by atoms with Gasteiger partial charge < -0.3 is 10.1 Å². The van der Waals surface area contributed by atoms with E-state index >= 15 is 0 Å². The van der Waals surface area contributed by atoms with Gasteiger partial charge in [0.05, 0.1) is 23.2 Å². The summed E-state index contributed by atoms with van der Waals surface area (Å²) in [7, 11) is 0. The SMILES string of the molecule is CCCCCNC(=O)[C@@H](C#N)c1nc2ccccc2nc1OC(C)C. The van der Waals surface area contributed by atoms with Crippen molar-refractivity contribution in [3.63, 3.8) is 0 Å². The first-order valence-electron chi connectivity index (χ1n) is 8.67. The number of amides is 1. The van der Waals surface area contributed by atoms with Crippen molar-refractivity contribution in [3.05, 3.63) is 30.0 Å². The van der Waals surface area contributed by atoms with Crippen molar-refractivity contribution in [3.8, 4) is 11.9 Å². The smallest absolute Gasteiger partial charge is 0.243 e. The second kappa shape index (κ2) is 8.97. The maximum atomic E-state index is 12.5. The summed E-state index contributed by atoms with van der Waals surface area (Å²) < 4.78 is 5.72. The highest BCUT2D eigenvalue weighted by atomic mass is 16.5. The third-order valence-electron chi connectivity index (χ3n) is 3.66. The van der Waals surface area contributed by atoms with Crippen molar-refractivity contribution in [2.45, 2.75) is 52.1 Å². The molecule has 0 aliphatic rings. The Morgan fingerprint density at radius 3 is 2.52 bits per heavy atom. The quantitative estimate of drug-likeness (QED) is 0.745. The number of nitrogens with one attached hydrogen (secondary N) is 1. The predicted octanol–water partition coefficient (Wildman–Crippen LogP) is 3.33. The summed E-state index contributed by atoms with van der Waals surface area (Å²) in [5, 5.41) is 12.4. The van der Waals surface area contributed by atoms with E-state index in [0.29, 0.717) is 17.6 Å². The number of unbranched alkanes of at least 4 members (excludes halogenated alkanes) is 2. The summed E-state index contributed by atoms with van der Waals surface area (Å²) in [5.41, 5.74) is 1.57. The van der Waals surface area contributed by atoms with Crippen LogP contribution in [0.1, 0.15) is 51.6 Å². The van der Waals surface area contributed by atoms with Gasteiger partial charge in [0.2, 0.25) is 11.8 Å². The molecule has 6 nitrogen and oxygen atoms in total. The molecule has 0 bridgehead atoms. The average Bonchev–Trinajstić information content (AvgIpc) is 2.59. The molecule has 1 aromatic heterocycles. The Bertz CT molecular complexity index is 768. The predicted molar refractivity (Wildman–Crippen MR) is 96.2 cm³/mol. The standard InChI is InChI=1S/C19H24N4O2/c1-4-5-8-11-21-18(24)14(12-20)17-19(25-13(2)3)23-16-10-7-6-9-15(16)22-17/h6-7,9-10,13-14H,4-5,8,11H2,1-3H3,(H,21,24)/t14-/m0/s1. The van der Waals surface area contributed by atoms with Crippen LogP contribution in [0.25, 0.3) is 11.0 Å². The number of nitriles is 1. The minimum Gasteiger partial charge on any atom is -0.474 e. The Labute approximate surface area is 148 Å². The minimum atomic E-state index is -1.05. The van der Waals surface area contributed by atoms with Crippen LogP contribution in [0.3, 0.4) is 0 Å². The second-order valence-electron chi connectivity index (χ2n) is 6.13. The zero-order valence-corrected chi connectivity index (χ0v) is 15.0. The Balaban J connectivity index is 2.34. The molecule has 1 atom stereocenters. The summed E-state index contributed by atoms with van der Waals surface area (Å²) in [4.78, 5) is 21.4. The Hall–Kier alpha value is -2.68. The molecule has 2 rings (SSSR count). The first-order valence-corrected chi connectivity index (χ1v) is 8.67. The summed E-state index contributed by atoms with van der Waals surface area (Å²) in [5.74, 6) is -1.17. The first-order chi connectivity index (χ1) is 12.1. The Kier molecular flexibility index (Phi) is 6.70. The molecule has 2 aromatic rings. The van der Waals surface area contributed by atoms with Crippen molar-refractivity contribution < 1.29 is 9.53 Å². The van der Waals surface area contributed by atoms with Crippen molar-refractivity contribution in [1.29, 1.82) is 5.26 Å². The minimum absolute atomic E-state index is 0.138. The van der Waals surface area contributed by atoms with E-state index in [1.54, 1.807) is 6.07 Å². The fourth-order valence-electron chi connectivity index (χ4n) is 2.43.